The van der Waals surface area contributed by atoms with Gasteiger partial charge >= 0.3 is 0 Å². The molecule has 2 aromatic rings. The molecule has 0 bridgehead atoms. The van der Waals surface area contributed by atoms with Gasteiger partial charge in [-0.2, -0.15) is 0 Å². The van der Waals surface area contributed by atoms with E-state index >= 15 is 0 Å². The molecule has 1 atom stereocenters. The SMILES string of the molecule is CC(C)c1ccc(/C=C2\Oc3c(ccc4c3CN(CC3CCCO3)CO4)C2=O)cc1. The molecule has 0 spiro atoms. The van der Waals surface area contributed by atoms with E-state index in [1.807, 2.05) is 30.3 Å². The molecule has 2 aromatic carbocycles. The topological polar surface area (TPSA) is 48.0 Å². The Kier molecular flexibility index (Phi) is 5.09. The molecule has 0 aromatic heterocycles. The Morgan fingerprint density at radius 1 is 1.17 bits per heavy atom. The molecule has 0 aliphatic carbocycles. The van der Waals surface area contributed by atoms with E-state index in [2.05, 4.69) is 30.9 Å². The van der Waals surface area contributed by atoms with Crippen molar-refractivity contribution in [2.24, 2.45) is 0 Å². The number of ether oxygens (including phenoxy) is 3. The van der Waals surface area contributed by atoms with E-state index in [9.17, 15) is 4.79 Å². The summed E-state index contributed by atoms with van der Waals surface area (Å²) >= 11 is 0. The first-order valence-electron chi connectivity index (χ1n) is 10.8. The lowest BCUT2D eigenvalue weighted by Gasteiger charge is -2.31. The minimum Gasteiger partial charge on any atom is -0.478 e. The van der Waals surface area contributed by atoms with E-state index in [-0.39, 0.29) is 11.9 Å². The number of ketones is 1. The predicted molar refractivity (Wildman–Crippen MR) is 115 cm³/mol. The molecule has 3 aliphatic rings. The van der Waals surface area contributed by atoms with Gasteiger partial charge in [0.15, 0.2) is 5.76 Å². The van der Waals surface area contributed by atoms with Crippen molar-refractivity contribution in [3.05, 3.63) is 64.4 Å². The van der Waals surface area contributed by atoms with E-state index in [1.165, 1.54) is 5.56 Å². The standard InChI is InChI=1S/C25H27NO4/c1-16(2)18-7-5-17(6-8-18)12-23-24(27)20-9-10-22-21(25(20)30-23)14-26(15-29-22)13-19-4-3-11-28-19/h5-10,12,16,19H,3-4,11,13-15H2,1-2H3/b23-12-. The summed E-state index contributed by atoms with van der Waals surface area (Å²) in [6.07, 6.45) is 4.30. The number of benzene rings is 2. The predicted octanol–water partition coefficient (Wildman–Crippen LogP) is 4.76. The van der Waals surface area contributed by atoms with Crippen molar-refractivity contribution in [3.8, 4) is 11.5 Å². The molecule has 0 radical (unpaired) electrons. The van der Waals surface area contributed by atoms with Crippen LogP contribution in [0.4, 0.5) is 0 Å². The first kappa shape index (κ1) is 19.3. The number of fused-ring (bicyclic) bond motifs is 3. The van der Waals surface area contributed by atoms with Crippen LogP contribution in [0.15, 0.2) is 42.2 Å². The van der Waals surface area contributed by atoms with Gasteiger partial charge in [0.25, 0.3) is 0 Å². The Bertz CT molecular complexity index is 987. The van der Waals surface area contributed by atoms with Gasteiger partial charge in [0.1, 0.15) is 18.2 Å². The maximum atomic E-state index is 13.0. The number of nitrogens with zero attached hydrogens (tertiary/aromatic N) is 1. The summed E-state index contributed by atoms with van der Waals surface area (Å²) < 4.78 is 17.8. The van der Waals surface area contributed by atoms with E-state index in [1.54, 1.807) is 0 Å². The third-order valence-electron chi connectivity index (χ3n) is 6.07. The molecule has 5 heteroatoms. The van der Waals surface area contributed by atoms with Crippen molar-refractivity contribution in [2.75, 3.05) is 19.9 Å². The number of allylic oxidation sites excluding steroid dienone is 1. The number of hydrogen-bond donors (Lipinski definition) is 0. The summed E-state index contributed by atoms with van der Waals surface area (Å²) in [5, 5.41) is 0. The van der Waals surface area contributed by atoms with Crippen molar-refractivity contribution in [1.82, 2.24) is 4.90 Å². The van der Waals surface area contributed by atoms with Gasteiger partial charge < -0.3 is 14.2 Å². The number of rotatable bonds is 4. The summed E-state index contributed by atoms with van der Waals surface area (Å²) in [6, 6.07) is 12.0. The molecule has 5 nitrogen and oxygen atoms in total. The Labute approximate surface area is 177 Å². The lowest BCUT2D eigenvalue weighted by molar-refractivity contribution is 0.0274. The highest BCUT2D eigenvalue weighted by Gasteiger charge is 2.34. The molecule has 30 heavy (non-hydrogen) atoms. The maximum Gasteiger partial charge on any atom is 0.231 e. The lowest BCUT2D eigenvalue weighted by atomic mass is 10.0. The molecule has 3 aliphatic heterocycles. The van der Waals surface area contributed by atoms with Crippen LogP contribution in [0.2, 0.25) is 0 Å². The fraction of sp³-hybridized carbons (Fsp3) is 0.400. The van der Waals surface area contributed by atoms with Gasteiger partial charge in [-0.05, 0) is 48.1 Å². The highest BCUT2D eigenvalue weighted by molar-refractivity contribution is 6.15. The number of hydrogen-bond acceptors (Lipinski definition) is 5. The molecule has 0 N–H and O–H groups in total. The summed E-state index contributed by atoms with van der Waals surface area (Å²) in [5.74, 6) is 2.21. The maximum absolute atomic E-state index is 13.0. The average molecular weight is 405 g/mol. The quantitative estimate of drug-likeness (QED) is 0.687. The molecule has 3 heterocycles. The average Bonchev–Trinajstić information content (AvgIpc) is 3.37. The van der Waals surface area contributed by atoms with E-state index < -0.39 is 0 Å². The van der Waals surface area contributed by atoms with Crippen LogP contribution in [-0.4, -0.2) is 36.7 Å². The van der Waals surface area contributed by atoms with Gasteiger partial charge in [-0.3, -0.25) is 9.69 Å². The van der Waals surface area contributed by atoms with Crippen LogP contribution in [0, 0.1) is 0 Å². The van der Waals surface area contributed by atoms with Crippen LogP contribution in [0.3, 0.4) is 0 Å². The Hall–Kier alpha value is -2.63. The van der Waals surface area contributed by atoms with Crippen molar-refractivity contribution >= 4 is 11.9 Å². The van der Waals surface area contributed by atoms with Gasteiger partial charge in [0.2, 0.25) is 5.78 Å². The zero-order valence-corrected chi connectivity index (χ0v) is 17.5. The highest BCUT2D eigenvalue weighted by atomic mass is 16.5. The number of carbonyl (C=O) groups excluding carboxylic acids is 1. The van der Waals surface area contributed by atoms with Crippen molar-refractivity contribution in [1.29, 1.82) is 0 Å². The van der Waals surface area contributed by atoms with Crippen LogP contribution < -0.4 is 9.47 Å². The largest absolute Gasteiger partial charge is 0.478 e. The lowest BCUT2D eigenvalue weighted by Crippen LogP contribution is -2.37. The Morgan fingerprint density at radius 2 is 2.00 bits per heavy atom. The molecule has 1 saturated heterocycles. The van der Waals surface area contributed by atoms with Crippen LogP contribution >= 0.6 is 0 Å². The molecular formula is C25H27NO4. The molecule has 156 valence electrons. The Balaban J connectivity index is 1.38. The van der Waals surface area contributed by atoms with E-state index in [0.717, 1.165) is 42.9 Å². The second kappa shape index (κ2) is 7.89. The Morgan fingerprint density at radius 3 is 2.73 bits per heavy atom. The first-order chi connectivity index (χ1) is 14.6. The molecule has 0 saturated carbocycles. The van der Waals surface area contributed by atoms with Gasteiger partial charge in [0.05, 0.1) is 17.2 Å². The first-order valence-corrected chi connectivity index (χ1v) is 10.8. The van der Waals surface area contributed by atoms with Crippen LogP contribution in [-0.2, 0) is 11.3 Å². The monoisotopic (exact) mass is 405 g/mol. The second-order valence-electron chi connectivity index (χ2n) is 8.60. The van der Waals surface area contributed by atoms with Gasteiger partial charge in [-0.15, -0.1) is 0 Å². The van der Waals surface area contributed by atoms with Crippen LogP contribution in [0.1, 0.15) is 59.7 Å². The fourth-order valence-corrected chi connectivity index (χ4v) is 4.33. The summed E-state index contributed by atoms with van der Waals surface area (Å²) in [6.45, 7) is 7.24. The van der Waals surface area contributed by atoms with Gasteiger partial charge in [-0.1, -0.05) is 38.1 Å². The van der Waals surface area contributed by atoms with E-state index in [4.69, 9.17) is 14.2 Å². The normalized spacial score (nSPS) is 22.2. The molecule has 5 rings (SSSR count). The third-order valence-corrected chi connectivity index (χ3v) is 6.07. The summed E-state index contributed by atoms with van der Waals surface area (Å²) in [5.41, 5.74) is 3.79. The van der Waals surface area contributed by atoms with E-state index in [0.29, 0.717) is 36.3 Å². The third kappa shape index (κ3) is 3.64. The molecule has 1 unspecified atom stereocenters. The smallest absolute Gasteiger partial charge is 0.231 e. The zero-order chi connectivity index (χ0) is 20.7. The van der Waals surface area contributed by atoms with Crippen molar-refractivity contribution in [2.45, 2.75) is 45.3 Å². The molecule has 0 amide bonds. The molecular weight excluding hydrogens is 378 g/mol. The number of Topliss-reactive ketones (excluding diaryl/α,β-unsaturated/α-hetero) is 1. The van der Waals surface area contributed by atoms with Crippen molar-refractivity contribution < 1.29 is 19.0 Å². The van der Waals surface area contributed by atoms with Crippen LogP contribution in [0.25, 0.3) is 6.08 Å². The highest BCUT2D eigenvalue weighted by Crippen LogP contribution is 2.42. The molecule has 1 fully saturated rings. The van der Waals surface area contributed by atoms with Crippen LogP contribution in [0.5, 0.6) is 11.5 Å². The van der Waals surface area contributed by atoms with Crippen molar-refractivity contribution in [3.63, 3.8) is 0 Å². The van der Waals surface area contributed by atoms with Gasteiger partial charge in [-0.25, -0.2) is 0 Å². The number of carbonyl (C=O) groups is 1. The second-order valence-corrected chi connectivity index (χ2v) is 8.60. The van der Waals surface area contributed by atoms with Gasteiger partial charge in [0, 0.05) is 19.7 Å². The summed E-state index contributed by atoms with van der Waals surface area (Å²) in [4.78, 5) is 15.2. The zero-order valence-electron chi connectivity index (χ0n) is 17.5. The fourth-order valence-electron chi connectivity index (χ4n) is 4.33. The minimum absolute atomic E-state index is 0.0722. The minimum atomic E-state index is -0.0722. The summed E-state index contributed by atoms with van der Waals surface area (Å²) in [7, 11) is 0.